The zero-order chi connectivity index (χ0) is 22.4. The minimum atomic E-state index is -0.137. The van der Waals surface area contributed by atoms with Crippen molar-refractivity contribution in [3.05, 3.63) is 101 Å². The number of ether oxygens (including phenoxy) is 2. The van der Waals surface area contributed by atoms with Crippen molar-refractivity contribution < 1.29 is 9.47 Å². The van der Waals surface area contributed by atoms with Gasteiger partial charge in [-0.25, -0.2) is 0 Å². The Morgan fingerprint density at radius 1 is 0.939 bits per heavy atom. The first-order valence-corrected chi connectivity index (χ1v) is 11.7. The van der Waals surface area contributed by atoms with E-state index in [0.717, 1.165) is 38.7 Å². The second-order valence-corrected chi connectivity index (χ2v) is 9.12. The van der Waals surface area contributed by atoms with Crippen molar-refractivity contribution in [3.8, 4) is 17.2 Å². The molecular formula is C25H19BrN4O2S. The van der Waals surface area contributed by atoms with E-state index < -0.39 is 0 Å². The van der Waals surface area contributed by atoms with E-state index in [2.05, 4.69) is 66.2 Å². The van der Waals surface area contributed by atoms with E-state index in [-0.39, 0.29) is 18.9 Å². The smallest absolute Gasteiger partial charge is 0.231 e. The number of benzene rings is 2. The number of halogens is 1. The maximum atomic E-state index is 5.86. The van der Waals surface area contributed by atoms with Crippen LogP contribution in [0.3, 0.4) is 0 Å². The third kappa shape index (κ3) is 3.55. The molecule has 1 fully saturated rings. The molecule has 1 N–H and O–H groups in total. The molecule has 0 amide bonds. The number of anilines is 1. The van der Waals surface area contributed by atoms with Gasteiger partial charge in [0.25, 0.3) is 0 Å². The van der Waals surface area contributed by atoms with Crippen LogP contribution >= 0.6 is 28.1 Å². The molecule has 0 aliphatic carbocycles. The molecule has 6 rings (SSSR count). The number of pyridine rings is 1. The van der Waals surface area contributed by atoms with Crippen molar-refractivity contribution in [1.82, 2.24) is 14.9 Å². The number of nitrogens with zero attached hydrogens (tertiary/aromatic N) is 3. The maximum Gasteiger partial charge on any atom is 0.231 e. The highest BCUT2D eigenvalue weighted by molar-refractivity contribution is 9.10. The van der Waals surface area contributed by atoms with Crippen molar-refractivity contribution in [1.29, 1.82) is 0 Å². The number of rotatable bonds is 4. The third-order valence-electron chi connectivity index (χ3n) is 5.90. The monoisotopic (exact) mass is 518 g/mol. The van der Waals surface area contributed by atoms with Crippen LogP contribution in [0.15, 0.2) is 89.7 Å². The zero-order valence-electron chi connectivity index (χ0n) is 17.4. The quantitative estimate of drug-likeness (QED) is 0.358. The van der Waals surface area contributed by atoms with Gasteiger partial charge in [-0.05, 0) is 66.8 Å². The van der Waals surface area contributed by atoms with Gasteiger partial charge in [-0.15, -0.1) is 0 Å². The Bertz CT molecular complexity index is 1340. The topological polar surface area (TPSA) is 51.6 Å². The Morgan fingerprint density at radius 2 is 1.85 bits per heavy atom. The van der Waals surface area contributed by atoms with E-state index in [1.54, 1.807) is 0 Å². The molecule has 0 radical (unpaired) electrons. The minimum Gasteiger partial charge on any atom is -0.454 e. The van der Waals surface area contributed by atoms with Gasteiger partial charge < -0.3 is 24.3 Å². The van der Waals surface area contributed by atoms with E-state index in [9.17, 15) is 0 Å². The highest BCUT2D eigenvalue weighted by Crippen LogP contribution is 2.44. The van der Waals surface area contributed by atoms with E-state index in [4.69, 9.17) is 21.7 Å². The normalized spacial score (nSPS) is 19.1. The van der Waals surface area contributed by atoms with Gasteiger partial charge in [0.05, 0.1) is 11.7 Å². The van der Waals surface area contributed by atoms with Crippen LogP contribution in [0.1, 0.15) is 23.5 Å². The van der Waals surface area contributed by atoms with Crippen LogP contribution in [0.25, 0.3) is 5.69 Å². The molecule has 4 aromatic rings. The average Bonchev–Trinajstić information content (AvgIpc) is 3.57. The number of hydrogen-bond acceptors (Lipinski definition) is 4. The lowest BCUT2D eigenvalue weighted by atomic mass is 10.0. The Kier molecular flexibility index (Phi) is 5.04. The van der Waals surface area contributed by atoms with Crippen LogP contribution in [-0.2, 0) is 0 Å². The molecule has 33 heavy (non-hydrogen) atoms. The second kappa shape index (κ2) is 8.20. The van der Waals surface area contributed by atoms with Gasteiger partial charge >= 0.3 is 0 Å². The predicted octanol–water partition coefficient (Wildman–Crippen LogP) is 5.54. The maximum absolute atomic E-state index is 5.86. The van der Waals surface area contributed by atoms with Crippen LogP contribution in [0.5, 0.6) is 11.5 Å². The summed E-state index contributed by atoms with van der Waals surface area (Å²) in [4.78, 5) is 6.79. The van der Waals surface area contributed by atoms with Gasteiger partial charge in [-0.1, -0.05) is 28.1 Å². The Balaban J connectivity index is 1.51. The number of fused-ring (bicyclic) bond motifs is 1. The third-order valence-corrected chi connectivity index (χ3v) is 6.71. The van der Waals surface area contributed by atoms with Crippen LogP contribution in [0.2, 0.25) is 0 Å². The molecule has 1 saturated heterocycles. The fraction of sp³-hybridized carbons (Fsp3) is 0.120. The molecule has 0 unspecified atom stereocenters. The van der Waals surface area contributed by atoms with Crippen LogP contribution < -0.4 is 19.7 Å². The van der Waals surface area contributed by atoms with E-state index >= 15 is 0 Å². The lowest BCUT2D eigenvalue weighted by molar-refractivity contribution is 0.174. The van der Waals surface area contributed by atoms with Crippen LogP contribution in [-0.4, -0.2) is 21.5 Å². The Labute approximate surface area is 204 Å². The molecule has 8 heteroatoms. The van der Waals surface area contributed by atoms with E-state index in [0.29, 0.717) is 5.11 Å². The fourth-order valence-corrected chi connectivity index (χ4v) is 5.20. The van der Waals surface area contributed by atoms with Gasteiger partial charge in [0.2, 0.25) is 6.79 Å². The van der Waals surface area contributed by atoms with E-state index in [1.807, 2.05) is 54.7 Å². The second-order valence-electron chi connectivity index (χ2n) is 7.82. The highest BCUT2D eigenvalue weighted by Gasteiger charge is 2.42. The average molecular weight is 519 g/mol. The molecule has 2 aromatic heterocycles. The summed E-state index contributed by atoms with van der Waals surface area (Å²) in [5, 5.41) is 4.15. The first-order chi connectivity index (χ1) is 16.2. The summed E-state index contributed by atoms with van der Waals surface area (Å²) in [5.41, 5.74) is 4.01. The van der Waals surface area contributed by atoms with Crippen molar-refractivity contribution in [2.45, 2.75) is 12.1 Å². The fourth-order valence-electron chi connectivity index (χ4n) is 4.46. The number of nitrogens with one attached hydrogen (secondary N) is 1. The summed E-state index contributed by atoms with van der Waals surface area (Å²) < 4.78 is 14.4. The van der Waals surface area contributed by atoms with Crippen LogP contribution in [0, 0.1) is 0 Å². The lowest BCUT2D eigenvalue weighted by Crippen LogP contribution is -2.30. The SMILES string of the molecule is S=C1N[C@H](c2ccccn2)[C@@H](c2cccn2-c2cccc(Br)c2)N1c1ccc2c(c1)OCO2. The van der Waals surface area contributed by atoms with Gasteiger partial charge in [0.15, 0.2) is 16.6 Å². The summed E-state index contributed by atoms with van der Waals surface area (Å²) in [6.45, 7) is 0.229. The molecule has 0 saturated carbocycles. The van der Waals surface area contributed by atoms with Crippen molar-refractivity contribution in [2.24, 2.45) is 0 Å². The number of hydrogen-bond donors (Lipinski definition) is 1. The molecular weight excluding hydrogens is 500 g/mol. The van der Waals surface area contributed by atoms with Gasteiger partial charge in [-0.2, -0.15) is 0 Å². The first-order valence-electron chi connectivity index (χ1n) is 10.5. The lowest BCUT2D eigenvalue weighted by Gasteiger charge is -2.29. The highest BCUT2D eigenvalue weighted by atomic mass is 79.9. The van der Waals surface area contributed by atoms with Gasteiger partial charge in [-0.3, -0.25) is 4.98 Å². The molecule has 2 aliphatic rings. The number of aromatic nitrogens is 2. The summed E-state index contributed by atoms with van der Waals surface area (Å²) in [5.74, 6) is 1.46. The molecule has 0 bridgehead atoms. The Hall–Kier alpha value is -3.36. The van der Waals surface area contributed by atoms with E-state index in [1.165, 1.54) is 0 Å². The molecule has 2 aliphatic heterocycles. The van der Waals surface area contributed by atoms with Gasteiger partial charge in [0.1, 0.15) is 6.04 Å². The standard InChI is InChI=1S/C25H19BrN4O2S/c26-16-5-3-6-17(13-16)29-12-4-8-20(29)24-23(19-7-1-2-11-27-19)28-25(33)30(24)18-9-10-21-22(14-18)32-15-31-21/h1-14,23-24H,15H2,(H,28,33)/t23-,24-/m1/s1. The van der Waals surface area contributed by atoms with Crippen molar-refractivity contribution in [3.63, 3.8) is 0 Å². The largest absolute Gasteiger partial charge is 0.454 e. The molecule has 164 valence electrons. The summed E-state index contributed by atoms with van der Waals surface area (Å²) in [6.07, 6.45) is 3.89. The summed E-state index contributed by atoms with van der Waals surface area (Å²) in [6, 6.07) is 24.1. The first kappa shape index (κ1) is 20.3. The minimum absolute atomic E-state index is 0.134. The molecule has 2 aromatic carbocycles. The number of thiocarbonyl (C=S) groups is 1. The van der Waals surface area contributed by atoms with Crippen molar-refractivity contribution >= 4 is 38.9 Å². The Morgan fingerprint density at radius 3 is 2.70 bits per heavy atom. The summed E-state index contributed by atoms with van der Waals surface area (Å²) in [7, 11) is 0. The van der Waals surface area contributed by atoms with Crippen molar-refractivity contribution in [2.75, 3.05) is 11.7 Å². The zero-order valence-corrected chi connectivity index (χ0v) is 19.8. The predicted molar refractivity (Wildman–Crippen MR) is 134 cm³/mol. The van der Waals surface area contributed by atoms with Crippen LogP contribution in [0.4, 0.5) is 5.69 Å². The van der Waals surface area contributed by atoms with Gasteiger partial charge in [0, 0.05) is 40.0 Å². The summed E-state index contributed by atoms with van der Waals surface area (Å²) >= 11 is 9.46. The molecule has 4 heterocycles. The molecule has 0 spiro atoms. The molecule has 2 atom stereocenters. The molecule has 6 nitrogen and oxygen atoms in total.